The van der Waals surface area contributed by atoms with Crippen LogP contribution in [0.5, 0.6) is 0 Å². The van der Waals surface area contributed by atoms with Crippen molar-refractivity contribution in [2.24, 2.45) is 17.8 Å². The fraction of sp³-hybridized carbons (Fsp3) is 0.600. The van der Waals surface area contributed by atoms with Crippen LogP contribution in [-0.4, -0.2) is 29.8 Å². The van der Waals surface area contributed by atoms with Crippen LogP contribution in [0.3, 0.4) is 0 Å². The van der Waals surface area contributed by atoms with Gasteiger partial charge >= 0.3 is 0 Å². The van der Waals surface area contributed by atoms with Gasteiger partial charge in [-0.1, -0.05) is 30.3 Å². The molecule has 0 radical (unpaired) electrons. The number of hydrogen-bond donors (Lipinski definition) is 1. The van der Waals surface area contributed by atoms with Gasteiger partial charge in [-0.15, -0.1) is 0 Å². The third-order valence-electron chi connectivity index (χ3n) is 5.61. The summed E-state index contributed by atoms with van der Waals surface area (Å²) < 4.78 is 0. The second-order valence-corrected chi connectivity index (χ2v) is 7.65. The summed E-state index contributed by atoms with van der Waals surface area (Å²) in [6, 6.07) is 10.4. The molecule has 1 N–H and O–H groups in total. The van der Waals surface area contributed by atoms with Gasteiger partial charge in [0, 0.05) is 19.0 Å². The summed E-state index contributed by atoms with van der Waals surface area (Å²) in [5.74, 6) is 1.24. The van der Waals surface area contributed by atoms with Crippen LogP contribution in [0.25, 0.3) is 0 Å². The van der Waals surface area contributed by atoms with Crippen molar-refractivity contribution in [1.82, 2.24) is 10.2 Å². The van der Waals surface area contributed by atoms with Crippen molar-refractivity contribution in [1.29, 1.82) is 0 Å². The van der Waals surface area contributed by atoms with E-state index in [4.69, 9.17) is 0 Å². The standard InChI is InChI=1S/C20H26N2O2/c23-19(21-12-14-6-7-14)17-10-11-18(15-4-2-1-3-5-15)22(13-17)20(24)16-8-9-16/h1-5,14,16-18H,6-13H2,(H,21,23)/t17-,18+/m1/s1. The maximum absolute atomic E-state index is 12.8. The van der Waals surface area contributed by atoms with E-state index in [-0.39, 0.29) is 29.7 Å². The molecule has 128 valence electrons. The predicted molar refractivity (Wildman–Crippen MR) is 92.1 cm³/mol. The molecule has 1 heterocycles. The zero-order valence-electron chi connectivity index (χ0n) is 14.1. The van der Waals surface area contributed by atoms with E-state index in [0.29, 0.717) is 12.5 Å². The Morgan fingerprint density at radius 2 is 1.67 bits per heavy atom. The summed E-state index contributed by atoms with van der Waals surface area (Å²) in [5.41, 5.74) is 1.20. The van der Waals surface area contributed by atoms with E-state index in [2.05, 4.69) is 17.4 Å². The minimum absolute atomic E-state index is 0.0496. The van der Waals surface area contributed by atoms with Crippen molar-refractivity contribution in [3.8, 4) is 0 Å². The van der Waals surface area contributed by atoms with Crippen LogP contribution in [0, 0.1) is 17.8 Å². The highest BCUT2D eigenvalue weighted by Crippen LogP contribution is 2.39. The summed E-state index contributed by atoms with van der Waals surface area (Å²) >= 11 is 0. The van der Waals surface area contributed by atoms with E-state index < -0.39 is 0 Å². The van der Waals surface area contributed by atoms with Crippen molar-refractivity contribution in [2.75, 3.05) is 13.1 Å². The SMILES string of the molecule is O=C(NCC1CC1)[C@@H]1CC[C@@H](c2ccccc2)N(C(=O)C2CC2)C1. The van der Waals surface area contributed by atoms with E-state index in [1.54, 1.807) is 0 Å². The number of likely N-dealkylation sites (tertiary alicyclic amines) is 1. The van der Waals surface area contributed by atoms with Crippen molar-refractivity contribution < 1.29 is 9.59 Å². The first-order valence-corrected chi connectivity index (χ1v) is 9.35. The first-order chi connectivity index (χ1) is 11.7. The first-order valence-electron chi connectivity index (χ1n) is 9.35. The molecule has 24 heavy (non-hydrogen) atoms. The minimum Gasteiger partial charge on any atom is -0.356 e. The molecule has 1 aromatic carbocycles. The van der Waals surface area contributed by atoms with Crippen molar-refractivity contribution in [2.45, 2.75) is 44.6 Å². The van der Waals surface area contributed by atoms with Gasteiger partial charge in [-0.05, 0) is 50.0 Å². The zero-order valence-corrected chi connectivity index (χ0v) is 14.1. The quantitative estimate of drug-likeness (QED) is 0.904. The molecular weight excluding hydrogens is 300 g/mol. The van der Waals surface area contributed by atoms with Crippen LogP contribution in [0.15, 0.2) is 30.3 Å². The maximum Gasteiger partial charge on any atom is 0.226 e. The van der Waals surface area contributed by atoms with Gasteiger partial charge in [0.25, 0.3) is 0 Å². The average molecular weight is 326 g/mol. The molecule has 1 aromatic rings. The highest BCUT2D eigenvalue weighted by Gasteiger charge is 2.41. The highest BCUT2D eigenvalue weighted by atomic mass is 16.2. The molecule has 3 aliphatic rings. The topological polar surface area (TPSA) is 49.4 Å². The third kappa shape index (κ3) is 3.47. The lowest BCUT2D eigenvalue weighted by Gasteiger charge is -2.39. The van der Waals surface area contributed by atoms with E-state index in [1.165, 1.54) is 18.4 Å². The monoisotopic (exact) mass is 326 g/mol. The lowest BCUT2D eigenvalue weighted by atomic mass is 9.88. The molecule has 4 rings (SSSR count). The number of nitrogens with zero attached hydrogens (tertiary/aromatic N) is 1. The molecule has 2 atom stereocenters. The number of piperidine rings is 1. The maximum atomic E-state index is 12.8. The van der Waals surface area contributed by atoms with Crippen LogP contribution in [0.2, 0.25) is 0 Å². The predicted octanol–water partition coefficient (Wildman–Crippen LogP) is 2.90. The van der Waals surface area contributed by atoms with Gasteiger partial charge in [-0.3, -0.25) is 9.59 Å². The fourth-order valence-electron chi connectivity index (χ4n) is 3.73. The van der Waals surface area contributed by atoms with Crippen molar-refractivity contribution in [3.63, 3.8) is 0 Å². The van der Waals surface area contributed by atoms with Gasteiger partial charge in [0.2, 0.25) is 11.8 Å². The average Bonchev–Trinajstić information content (AvgIpc) is 3.52. The molecule has 2 saturated carbocycles. The van der Waals surface area contributed by atoms with Crippen LogP contribution < -0.4 is 5.32 Å². The molecule has 0 unspecified atom stereocenters. The Bertz CT molecular complexity index is 607. The first kappa shape index (κ1) is 15.7. The number of benzene rings is 1. The van der Waals surface area contributed by atoms with E-state index in [1.807, 2.05) is 23.1 Å². The summed E-state index contributed by atoms with van der Waals surface area (Å²) in [7, 11) is 0. The van der Waals surface area contributed by atoms with E-state index in [9.17, 15) is 9.59 Å². The molecule has 4 nitrogen and oxygen atoms in total. The number of hydrogen-bond acceptors (Lipinski definition) is 2. The molecule has 2 aliphatic carbocycles. The van der Waals surface area contributed by atoms with Gasteiger partial charge in [0.15, 0.2) is 0 Å². The van der Waals surface area contributed by atoms with Gasteiger partial charge in [0.1, 0.15) is 0 Å². The molecule has 0 aromatic heterocycles. The molecule has 0 spiro atoms. The molecule has 3 fully saturated rings. The van der Waals surface area contributed by atoms with Crippen LogP contribution in [0.4, 0.5) is 0 Å². The number of carbonyl (C=O) groups excluding carboxylic acids is 2. The normalized spacial score (nSPS) is 26.9. The Morgan fingerprint density at radius 3 is 2.33 bits per heavy atom. The summed E-state index contributed by atoms with van der Waals surface area (Å²) in [4.78, 5) is 27.3. The Balaban J connectivity index is 1.46. The highest BCUT2D eigenvalue weighted by molar-refractivity contribution is 5.84. The lowest BCUT2D eigenvalue weighted by molar-refractivity contribution is -0.140. The van der Waals surface area contributed by atoms with E-state index >= 15 is 0 Å². The van der Waals surface area contributed by atoms with Gasteiger partial charge < -0.3 is 10.2 Å². The molecular formula is C20H26N2O2. The molecule has 1 aliphatic heterocycles. The van der Waals surface area contributed by atoms with Gasteiger partial charge in [0.05, 0.1) is 12.0 Å². The van der Waals surface area contributed by atoms with Gasteiger partial charge in [-0.2, -0.15) is 0 Å². The number of rotatable bonds is 5. The molecule has 4 heteroatoms. The van der Waals surface area contributed by atoms with Crippen LogP contribution in [0.1, 0.15) is 50.1 Å². The number of nitrogens with one attached hydrogen (secondary N) is 1. The summed E-state index contributed by atoms with van der Waals surface area (Å²) in [6.45, 7) is 1.39. The summed E-state index contributed by atoms with van der Waals surface area (Å²) in [5, 5.41) is 3.10. The Labute approximate surface area is 143 Å². The smallest absolute Gasteiger partial charge is 0.226 e. The Morgan fingerprint density at radius 1 is 0.958 bits per heavy atom. The van der Waals surface area contributed by atoms with E-state index in [0.717, 1.165) is 32.2 Å². The Kier molecular flexibility index (Phi) is 4.30. The second-order valence-electron chi connectivity index (χ2n) is 7.65. The van der Waals surface area contributed by atoms with Crippen LogP contribution in [-0.2, 0) is 9.59 Å². The largest absolute Gasteiger partial charge is 0.356 e. The number of carbonyl (C=O) groups is 2. The molecule has 2 amide bonds. The van der Waals surface area contributed by atoms with Crippen molar-refractivity contribution >= 4 is 11.8 Å². The third-order valence-corrected chi connectivity index (χ3v) is 5.61. The minimum atomic E-state index is -0.0496. The Hall–Kier alpha value is -1.84. The molecule has 1 saturated heterocycles. The zero-order chi connectivity index (χ0) is 16.5. The van der Waals surface area contributed by atoms with Crippen molar-refractivity contribution in [3.05, 3.63) is 35.9 Å². The fourth-order valence-corrected chi connectivity index (χ4v) is 3.73. The number of amides is 2. The molecule has 0 bridgehead atoms. The van der Waals surface area contributed by atoms with Gasteiger partial charge in [-0.25, -0.2) is 0 Å². The second kappa shape index (κ2) is 6.58. The lowest BCUT2D eigenvalue weighted by Crippen LogP contribution is -2.47. The summed E-state index contributed by atoms with van der Waals surface area (Å²) in [6.07, 6.45) is 6.25. The van der Waals surface area contributed by atoms with Crippen LogP contribution >= 0.6 is 0 Å².